The van der Waals surface area contributed by atoms with Gasteiger partial charge in [0.1, 0.15) is 5.82 Å². The molecule has 0 saturated heterocycles. The molecule has 0 saturated carbocycles. The summed E-state index contributed by atoms with van der Waals surface area (Å²) in [4.78, 5) is 2.36. The maximum Gasteiger partial charge on any atom is 0.126 e. The maximum atomic E-state index is 13.6. The molecule has 0 aliphatic carbocycles. The molecule has 1 nitrogen and oxygen atoms in total. The van der Waals surface area contributed by atoms with Gasteiger partial charge in [0, 0.05) is 18.3 Å². The van der Waals surface area contributed by atoms with Gasteiger partial charge in [0.05, 0.1) is 0 Å². The van der Waals surface area contributed by atoms with Crippen molar-refractivity contribution in [3.63, 3.8) is 0 Å². The van der Waals surface area contributed by atoms with Gasteiger partial charge >= 0.3 is 0 Å². The van der Waals surface area contributed by atoms with Crippen molar-refractivity contribution < 1.29 is 4.39 Å². The molecule has 1 heterocycles. The molecule has 2 rings (SSSR count). The summed E-state index contributed by atoms with van der Waals surface area (Å²) < 4.78 is 13.6. The number of rotatable bonds is 2. The predicted molar refractivity (Wildman–Crippen MR) is 62.0 cm³/mol. The lowest BCUT2D eigenvalue weighted by Crippen LogP contribution is -2.28. The van der Waals surface area contributed by atoms with Gasteiger partial charge in [-0.1, -0.05) is 6.92 Å². The Labute approximate surface area is 90.9 Å². The molecule has 15 heavy (non-hydrogen) atoms. The number of benzene rings is 1. The Morgan fingerprint density at radius 1 is 1.40 bits per heavy atom. The summed E-state index contributed by atoms with van der Waals surface area (Å²) >= 11 is 0. The molecule has 0 N–H and O–H groups in total. The van der Waals surface area contributed by atoms with Crippen LogP contribution in [0.1, 0.15) is 31.9 Å². The van der Waals surface area contributed by atoms with E-state index in [-0.39, 0.29) is 5.82 Å². The normalized spacial score (nSPS) is 14.9. The summed E-state index contributed by atoms with van der Waals surface area (Å²) in [6.07, 6.45) is 1.79. The Kier molecular flexibility index (Phi) is 2.68. The first-order valence-electron chi connectivity index (χ1n) is 5.72. The first-order chi connectivity index (χ1) is 7.15. The van der Waals surface area contributed by atoms with Gasteiger partial charge in [-0.2, -0.15) is 0 Å². The standard InChI is InChI=1S/C13H18FN/c1-4-10-11-7-8-15(9(2)3)13(11)6-5-12(10)14/h5-6,9H,4,7-8H2,1-3H3. The predicted octanol–water partition coefficient (Wildman–Crippen LogP) is 3.16. The average Bonchev–Trinajstić information content (AvgIpc) is 2.61. The minimum atomic E-state index is -0.0399. The molecule has 1 aliphatic heterocycles. The second-order valence-corrected chi connectivity index (χ2v) is 4.41. The van der Waals surface area contributed by atoms with Gasteiger partial charge in [0.2, 0.25) is 0 Å². The summed E-state index contributed by atoms with van der Waals surface area (Å²) in [5, 5.41) is 0. The Bertz CT molecular complexity index is 371. The fraction of sp³-hybridized carbons (Fsp3) is 0.538. The topological polar surface area (TPSA) is 3.24 Å². The van der Waals surface area contributed by atoms with Crippen LogP contribution in [-0.2, 0) is 12.8 Å². The van der Waals surface area contributed by atoms with Crippen LogP contribution in [0.2, 0.25) is 0 Å². The lowest BCUT2D eigenvalue weighted by atomic mass is 10.0. The first-order valence-corrected chi connectivity index (χ1v) is 5.72. The van der Waals surface area contributed by atoms with Crippen molar-refractivity contribution in [2.45, 2.75) is 39.7 Å². The minimum Gasteiger partial charge on any atom is -0.369 e. The van der Waals surface area contributed by atoms with E-state index in [1.165, 1.54) is 11.3 Å². The van der Waals surface area contributed by atoms with E-state index in [1.807, 2.05) is 13.0 Å². The third-order valence-electron chi connectivity index (χ3n) is 3.24. The molecular formula is C13H18FN. The van der Waals surface area contributed by atoms with Crippen LogP contribution >= 0.6 is 0 Å². The molecule has 1 aliphatic rings. The van der Waals surface area contributed by atoms with Crippen LogP contribution in [0.25, 0.3) is 0 Å². The summed E-state index contributed by atoms with van der Waals surface area (Å²) in [5.41, 5.74) is 3.38. The van der Waals surface area contributed by atoms with E-state index in [1.54, 1.807) is 6.07 Å². The first kappa shape index (κ1) is 10.5. The number of hydrogen-bond acceptors (Lipinski definition) is 1. The summed E-state index contributed by atoms with van der Waals surface area (Å²) in [7, 11) is 0. The highest BCUT2D eigenvalue weighted by Crippen LogP contribution is 2.33. The molecule has 0 atom stereocenters. The van der Waals surface area contributed by atoms with E-state index >= 15 is 0 Å². The van der Waals surface area contributed by atoms with Gasteiger partial charge < -0.3 is 4.90 Å². The molecule has 0 aromatic heterocycles. The molecule has 1 aromatic carbocycles. The molecule has 0 amide bonds. The number of anilines is 1. The van der Waals surface area contributed by atoms with Crippen molar-refractivity contribution >= 4 is 5.69 Å². The summed E-state index contributed by atoms with van der Waals surface area (Å²) in [6, 6.07) is 4.04. The van der Waals surface area contributed by atoms with Crippen LogP contribution in [0.3, 0.4) is 0 Å². The van der Waals surface area contributed by atoms with E-state index in [4.69, 9.17) is 0 Å². The smallest absolute Gasteiger partial charge is 0.126 e. The van der Waals surface area contributed by atoms with E-state index in [0.717, 1.165) is 24.9 Å². The van der Waals surface area contributed by atoms with Crippen molar-refractivity contribution in [2.75, 3.05) is 11.4 Å². The monoisotopic (exact) mass is 207 g/mol. The van der Waals surface area contributed by atoms with Crippen LogP contribution in [-0.4, -0.2) is 12.6 Å². The van der Waals surface area contributed by atoms with Crippen LogP contribution < -0.4 is 4.90 Å². The molecule has 0 fully saturated rings. The van der Waals surface area contributed by atoms with Gasteiger partial charge in [-0.25, -0.2) is 4.39 Å². The van der Waals surface area contributed by atoms with Crippen molar-refractivity contribution in [3.8, 4) is 0 Å². The van der Waals surface area contributed by atoms with Crippen molar-refractivity contribution in [1.82, 2.24) is 0 Å². The lowest BCUT2D eigenvalue weighted by molar-refractivity contribution is 0.610. The summed E-state index contributed by atoms with van der Waals surface area (Å²) in [6.45, 7) is 7.42. The van der Waals surface area contributed by atoms with E-state index in [0.29, 0.717) is 6.04 Å². The van der Waals surface area contributed by atoms with E-state index < -0.39 is 0 Å². The average molecular weight is 207 g/mol. The molecule has 82 valence electrons. The lowest BCUT2D eigenvalue weighted by Gasteiger charge is -2.24. The van der Waals surface area contributed by atoms with E-state index in [9.17, 15) is 4.39 Å². The fourth-order valence-electron chi connectivity index (χ4n) is 2.47. The molecule has 0 unspecified atom stereocenters. The highest BCUT2D eigenvalue weighted by atomic mass is 19.1. The second-order valence-electron chi connectivity index (χ2n) is 4.41. The van der Waals surface area contributed by atoms with Crippen molar-refractivity contribution in [3.05, 3.63) is 29.1 Å². The van der Waals surface area contributed by atoms with Crippen LogP contribution in [0.5, 0.6) is 0 Å². The number of nitrogens with zero attached hydrogens (tertiary/aromatic N) is 1. The number of fused-ring (bicyclic) bond motifs is 1. The maximum absolute atomic E-state index is 13.6. The highest BCUT2D eigenvalue weighted by molar-refractivity contribution is 5.61. The molecule has 0 bridgehead atoms. The SMILES string of the molecule is CCc1c(F)ccc2c1CCN2C(C)C. The van der Waals surface area contributed by atoms with Crippen LogP contribution in [0, 0.1) is 5.82 Å². The molecule has 1 aromatic rings. The van der Waals surface area contributed by atoms with Gasteiger partial charge in [0.15, 0.2) is 0 Å². The zero-order valence-electron chi connectivity index (χ0n) is 9.68. The van der Waals surface area contributed by atoms with Crippen molar-refractivity contribution in [2.24, 2.45) is 0 Å². The Hall–Kier alpha value is -1.05. The van der Waals surface area contributed by atoms with Crippen LogP contribution in [0.15, 0.2) is 12.1 Å². The fourth-order valence-corrected chi connectivity index (χ4v) is 2.47. The van der Waals surface area contributed by atoms with Gasteiger partial charge in [-0.3, -0.25) is 0 Å². The third kappa shape index (κ3) is 1.62. The highest BCUT2D eigenvalue weighted by Gasteiger charge is 2.24. The molecular weight excluding hydrogens is 189 g/mol. The van der Waals surface area contributed by atoms with Gasteiger partial charge in [-0.15, -0.1) is 0 Å². The third-order valence-corrected chi connectivity index (χ3v) is 3.24. The second kappa shape index (κ2) is 3.84. The number of halogens is 1. The van der Waals surface area contributed by atoms with E-state index in [2.05, 4.69) is 18.7 Å². The molecule has 0 radical (unpaired) electrons. The minimum absolute atomic E-state index is 0.0399. The molecule has 0 spiro atoms. The number of hydrogen-bond donors (Lipinski definition) is 0. The summed E-state index contributed by atoms with van der Waals surface area (Å²) in [5.74, 6) is -0.0399. The zero-order chi connectivity index (χ0) is 11.0. The Morgan fingerprint density at radius 2 is 2.13 bits per heavy atom. The Balaban J connectivity index is 2.48. The molecule has 2 heteroatoms. The van der Waals surface area contributed by atoms with Crippen molar-refractivity contribution in [1.29, 1.82) is 0 Å². The van der Waals surface area contributed by atoms with Crippen LogP contribution in [0.4, 0.5) is 10.1 Å². The van der Waals surface area contributed by atoms with Gasteiger partial charge in [0.25, 0.3) is 0 Å². The largest absolute Gasteiger partial charge is 0.369 e. The zero-order valence-corrected chi connectivity index (χ0v) is 9.68. The quantitative estimate of drug-likeness (QED) is 0.720. The Morgan fingerprint density at radius 3 is 2.73 bits per heavy atom. The van der Waals surface area contributed by atoms with Gasteiger partial charge in [-0.05, 0) is 49.9 Å².